The number of rotatable bonds is 6. The number of thioether (sulfide) groups is 1. The minimum Gasteiger partial charge on any atom is -0.486 e. The lowest BCUT2D eigenvalue weighted by Crippen LogP contribution is -2.06. The van der Waals surface area contributed by atoms with Crippen LogP contribution in [0.25, 0.3) is 10.9 Å². The third kappa shape index (κ3) is 4.37. The standard InChI is InChI=1S/C22H21ClN4O2S/c1-13-4-6-17-19(8-13)24-15(10-20(17)28)12-30-22-26-25-21(27(22)3)11-29-16-5-7-18(23)14(2)9-16/h4-10H,11-12H2,1-3H3,(H,24,28). The van der Waals surface area contributed by atoms with Crippen LogP contribution in [-0.4, -0.2) is 19.7 Å². The smallest absolute Gasteiger partial charge is 0.191 e. The fourth-order valence-corrected chi connectivity index (χ4v) is 4.05. The second-order valence-corrected chi connectivity index (χ2v) is 8.50. The molecule has 0 bridgehead atoms. The van der Waals surface area contributed by atoms with Crippen molar-refractivity contribution in [2.45, 2.75) is 31.4 Å². The molecule has 2 heterocycles. The van der Waals surface area contributed by atoms with Crippen LogP contribution in [0, 0.1) is 13.8 Å². The number of halogens is 1. The van der Waals surface area contributed by atoms with E-state index in [0.29, 0.717) is 28.6 Å². The van der Waals surface area contributed by atoms with Gasteiger partial charge in [0.25, 0.3) is 0 Å². The number of benzene rings is 2. The molecule has 2 aromatic carbocycles. The highest BCUT2D eigenvalue weighted by molar-refractivity contribution is 7.98. The lowest BCUT2D eigenvalue weighted by molar-refractivity contribution is 0.290. The number of nitrogens with one attached hydrogen (secondary N) is 1. The number of aromatic amines is 1. The van der Waals surface area contributed by atoms with Gasteiger partial charge in [-0.25, -0.2) is 0 Å². The molecule has 0 unspecified atom stereocenters. The van der Waals surface area contributed by atoms with E-state index >= 15 is 0 Å². The van der Waals surface area contributed by atoms with Crippen LogP contribution >= 0.6 is 23.4 Å². The van der Waals surface area contributed by atoms with Gasteiger partial charge in [-0.05, 0) is 55.3 Å². The Labute approximate surface area is 183 Å². The number of ether oxygens (including phenoxy) is 1. The summed E-state index contributed by atoms with van der Waals surface area (Å²) in [7, 11) is 1.90. The molecule has 0 saturated heterocycles. The van der Waals surface area contributed by atoms with E-state index in [1.807, 2.05) is 61.9 Å². The summed E-state index contributed by atoms with van der Waals surface area (Å²) in [6.45, 7) is 4.25. The lowest BCUT2D eigenvalue weighted by Gasteiger charge is -2.08. The third-order valence-corrected chi connectivity index (χ3v) is 6.31. The van der Waals surface area contributed by atoms with Crippen molar-refractivity contribution in [1.29, 1.82) is 0 Å². The van der Waals surface area contributed by atoms with Gasteiger partial charge in [0, 0.05) is 40.5 Å². The Morgan fingerprint density at radius 2 is 1.97 bits per heavy atom. The molecule has 0 aliphatic carbocycles. The molecule has 154 valence electrons. The van der Waals surface area contributed by atoms with Gasteiger partial charge in [0.15, 0.2) is 16.4 Å². The monoisotopic (exact) mass is 440 g/mol. The average molecular weight is 441 g/mol. The SMILES string of the molecule is Cc1ccc2c(=O)cc(CSc3nnc(COc4ccc(Cl)c(C)c4)n3C)[nH]c2c1. The molecule has 0 aliphatic heterocycles. The minimum absolute atomic E-state index is 0.0182. The summed E-state index contributed by atoms with van der Waals surface area (Å²) in [5, 5.41) is 10.7. The average Bonchev–Trinajstić information content (AvgIpc) is 3.06. The highest BCUT2D eigenvalue weighted by Gasteiger charge is 2.11. The Morgan fingerprint density at radius 1 is 1.13 bits per heavy atom. The maximum Gasteiger partial charge on any atom is 0.191 e. The molecule has 2 aromatic heterocycles. The normalized spacial score (nSPS) is 11.2. The molecule has 8 heteroatoms. The number of nitrogens with zero attached hydrogens (tertiary/aromatic N) is 3. The second-order valence-electron chi connectivity index (χ2n) is 7.15. The summed E-state index contributed by atoms with van der Waals surface area (Å²) in [4.78, 5) is 15.7. The summed E-state index contributed by atoms with van der Waals surface area (Å²) in [6, 6.07) is 13.0. The highest BCUT2D eigenvalue weighted by Crippen LogP contribution is 2.23. The van der Waals surface area contributed by atoms with E-state index in [1.54, 1.807) is 6.07 Å². The molecule has 0 amide bonds. The van der Waals surface area contributed by atoms with Gasteiger partial charge in [0.05, 0.1) is 0 Å². The predicted octanol–water partition coefficient (Wildman–Crippen LogP) is 4.80. The first-order valence-electron chi connectivity index (χ1n) is 9.43. The van der Waals surface area contributed by atoms with E-state index < -0.39 is 0 Å². The molecular weight excluding hydrogens is 420 g/mol. The van der Waals surface area contributed by atoms with Gasteiger partial charge in [-0.15, -0.1) is 10.2 Å². The van der Waals surface area contributed by atoms with Crippen LogP contribution in [0.1, 0.15) is 22.6 Å². The van der Waals surface area contributed by atoms with Crippen LogP contribution in [0.15, 0.2) is 52.4 Å². The van der Waals surface area contributed by atoms with Gasteiger partial charge in [0.1, 0.15) is 12.4 Å². The van der Waals surface area contributed by atoms with Gasteiger partial charge in [-0.2, -0.15) is 0 Å². The van der Waals surface area contributed by atoms with Crippen LogP contribution in [0.3, 0.4) is 0 Å². The number of hydrogen-bond acceptors (Lipinski definition) is 5. The summed E-state index contributed by atoms with van der Waals surface area (Å²) < 4.78 is 7.72. The van der Waals surface area contributed by atoms with Crippen LogP contribution in [0.5, 0.6) is 5.75 Å². The van der Waals surface area contributed by atoms with Crippen LogP contribution < -0.4 is 10.2 Å². The van der Waals surface area contributed by atoms with Crippen molar-refractivity contribution in [3.8, 4) is 5.75 Å². The largest absolute Gasteiger partial charge is 0.486 e. The highest BCUT2D eigenvalue weighted by atomic mass is 35.5. The number of fused-ring (bicyclic) bond motifs is 1. The van der Waals surface area contributed by atoms with Crippen molar-refractivity contribution in [1.82, 2.24) is 19.7 Å². The van der Waals surface area contributed by atoms with E-state index in [4.69, 9.17) is 16.3 Å². The molecule has 6 nitrogen and oxygen atoms in total. The molecule has 0 atom stereocenters. The zero-order valence-electron chi connectivity index (χ0n) is 16.9. The molecule has 0 aliphatic rings. The van der Waals surface area contributed by atoms with Crippen molar-refractivity contribution >= 4 is 34.3 Å². The maximum atomic E-state index is 12.4. The summed E-state index contributed by atoms with van der Waals surface area (Å²) >= 11 is 7.57. The van der Waals surface area contributed by atoms with Gasteiger partial charge in [-0.3, -0.25) is 4.79 Å². The van der Waals surface area contributed by atoms with E-state index in [2.05, 4.69) is 15.2 Å². The zero-order valence-corrected chi connectivity index (χ0v) is 18.5. The van der Waals surface area contributed by atoms with Gasteiger partial charge >= 0.3 is 0 Å². The fourth-order valence-electron chi connectivity index (χ4n) is 3.09. The summed E-state index contributed by atoms with van der Waals surface area (Å²) in [6.07, 6.45) is 0. The first kappa shape index (κ1) is 20.5. The molecule has 0 spiro atoms. The summed E-state index contributed by atoms with van der Waals surface area (Å²) in [5.41, 5.74) is 3.79. The Balaban J connectivity index is 1.45. The summed E-state index contributed by atoms with van der Waals surface area (Å²) in [5.74, 6) is 2.04. The van der Waals surface area contributed by atoms with Crippen LogP contribution in [0.4, 0.5) is 0 Å². The van der Waals surface area contributed by atoms with E-state index in [1.165, 1.54) is 11.8 Å². The quantitative estimate of drug-likeness (QED) is 0.436. The Morgan fingerprint density at radius 3 is 2.77 bits per heavy atom. The maximum absolute atomic E-state index is 12.4. The molecule has 1 N–H and O–H groups in total. The van der Waals surface area contributed by atoms with Crippen molar-refractivity contribution in [3.05, 3.63) is 80.4 Å². The van der Waals surface area contributed by atoms with Crippen molar-refractivity contribution in [2.75, 3.05) is 0 Å². The first-order chi connectivity index (χ1) is 14.4. The topological polar surface area (TPSA) is 72.8 Å². The predicted molar refractivity (Wildman–Crippen MR) is 120 cm³/mol. The zero-order chi connectivity index (χ0) is 21.3. The minimum atomic E-state index is 0.0182. The molecule has 0 radical (unpaired) electrons. The molecule has 0 saturated carbocycles. The van der Waals surface area contributed by atoms with Gasteiger partial charge in [-0.1, -0.05) is 29.4 Å². The van der Waals surface area contributed by atoms with Gasteiger partial charge < -0.3 is 14.3 Å². The number of hydrogen-bond donors (Lipinski definition) is 1. The third-order valence-electron chi connectivity index (χ3n) is 4.82. The van der Waals surface area contributed by atoms with Crippen molar-refractivity contribution < 1.29 is 4.74 Å². The number of H-pyrrole nitrogens is 1. The first-order valence-corrected chi connectivity index (χ1v) is 10.8. The number of aryl methyl sites for hydroxylation is 2. The van der Waals surface area contributed by atoms with E-state index in [-0.39, 0.29) is 5.43 Å². The molecule has 0 fully saturated rings. The van der Waals surface area contributed by atoms with Crippen molar-refractivity contribution in [3.63, 3.8) is 0 Å². The van der Waals surface area contributed by atoms with E-state index in [9.17, 15) is 4.79 Å². The molecule has 4 rings (SSSR count). The molecular formula is C22H21ClN4O2S. The van der Waals surface area contributed by atoms with Crippen LogP contribution in [-0.2, 0) is 19.4 Å². The molecule has 30 heavy (non-hydrogen) atoms. The fraction of sp³-hybridized carbons (Fsp3) is 0.227. The Kier molecular flexibility index (Phi) is 5.83. The van der Waals surface area contributed by atoms with Crippen LogP contribution in [0.2, 0.25) is 5.02 Å². The van der Waals surface area contributed by atoms with Gasteiger partial charge in [0.2, 0.25) is 0 Å². The number of aromatic nitrogens is 4. The lowest BCUT2D eigenvalue weighted by atomic mass is 10.1. The molecule has 4 aromatic rings. The van der Waals surface area contributed by atoms with E-state index in [0.717, 1.165) is 33.2 Å². The number of pyridine rings is 1. The second kappa shape index (κ2) is 8.53. The van der Waals surface area contributed by atoms with Crippen molar-refractivity contribution in [2.24, 2.45) is 7.05 Å². The Bertz CT molecular complexity index is 1280. The Hall–Kier alpha value is -2.77.